The molecular formula is H16O8Sr+2. The van der Waals surface area contributed by atoms with E-state index in [2.05, 4.69) is 0 Å². The van der Waals surface area contributed by atoms with Gasteiger partial charge in [-0.05, 0) is 0 Å². The Morgan fingerprint density at radius 1 is 0.222 bits per heavy atom. The number of hydrogen-bond acceptors (Lipinski definition) is 0. The van der Waals surface area contributed by atoms with Gasteiger partial charge in [0.05, 0.1) is 0 Å². The van der Waals surface area contributed by atoms with Crippen molar-refractivity contribution in [1.29, 1.82) is 0 Å². The predicted molar refractivity (Wildman–Crippen MR) is 34.7 cm³/mol. The van der Waals surface area contributed by atoms with E-state index in [-0.39, 0.29) is 89.3 Å². The van der Waals surface area contributed by atoms with Crippen molar-refractivity contribution >= 4 is 45.5 Å². The molecule has 8 nitrogen and oxygen atoms in total. The molecule has 0 amide bonds. The molecule has 0 heterocycles. The van der Waals surface area contributed by atoms with E-state index in [1.165, 1.54) is 0 Å². The fourth-order valence-corrected chi connectivity index (χ4v) is 0. The monoisotopic (exact) mass is 232 g/mol. The maximum Gasteiger partial charge on any atom is 2.00 e. The first-order valence-corrected chi connectivity index (χ1v) is 0. The average molecular weight is 232 g/mol. The molecule has 0 unspecified atom stereocenters. The first kappa shape index (κ1) is 633. The molecule has 0 saturated heterocycles. The van der Waals surface area contributed by atoms with Gasteiger partial charge in [0.2, 0.25) is 0 Å². The quantitative estimate of drug-likeness (QED) is 0.352. The Balaban J connectivity index is 0. The first-order valence-electron chi connectivity index (χ1n) is 0. The van der Waals surface area contributed by atoms with Crippen LogP contribution in [0.15, 0.2) is 0 Å². The third kappa shape index (κ3) is 349. The van der Waals surface area contributed by atoms with Crippen LogP contribution in [0.1, 0.15) is 0 Å². The van der Waals surface area contributed by atoms with Crippen molar-refractivity contribution < 1.29 is 43.8 Å². The van der Waals surface area contributed by atoms with Crippen molar-refractivity contribution in [2.45, 2.75) is 0 Å². The van der Waals surface area contributed by atoms with Gasteiger partial charge in [0.25, 0.3) is 0 Å². The van der Waals surface area contributed by atoms with Gasteiger partial charge in [0.15, 0.2) is 0 Å². The second-order valence-corrected chi connectivity index (χ2v) is 0. The summed E-state index contributed by atoms with van der Waals surface area (Å²) in [6.45, 7) is 0. The SMILES string of the molecule is O.O.O.O.O.O.O.O.[Sr+2]. The van der Waals surface area contributed by atoms with Crippen LogP contribution < -0.4 is 0 Å². The Kier molecular flexibility index (Phi) is 31900. The van der Waals surface area contributed by atoms with Crippen molar-refractivity contribution in [3.63, 3.8) is 0 Å². The second-order valence-electron chi connectivity index (χ2n) is 0. The topological polar surface area (TPSA) is 252 Å². The van der Waals surface area contributed by atoms with Crippen LogP contribution >= 0.6 is 0 Å². The summed E-state index contributed by atoms with van der Waals surface area (Å²) in [6.07, 6.45) is 0. The standard InChI is InChI=1S/8H2O.Sr/h8*1H2;/q;;;;;;;;+2. The van der Waals surface area contributed by atoms with Gasteiger partial charge in [-0.3, -0.25) is 0 Å². The molecule has 16 N–H and O–H groups in total. The third-order valence-electron chi connectivity index (χ3n) is 0. The van der Waals surface area contributed by atoms with Crippen LogP contribution in [-0.2, 0) is 0 Å². The van der Waals surface area contributed by atoms with Gasteiger partial charge in [-0.15, -0.1) is 0 Å². The first-order chi connectivity index (χ1) is 0. The molecular weight excluding hydrogens is 216 g/mol. The molecule has 0 rings (SSSR count). The van der Waals surface area contributed by atoms with E-state index < -0.39 is 0 Å². The summed E-state index contributed by atoms with van der Waals surface area (Å²) in [5.41, 5.74) is 0. The Morgan fingerprint density at radius 2 is 0.222 bits per heavy atom. The van der Waals surface area contributed by atoms with E-state index >= 15 is 0 Å². The summed E-state index contributed by atoms with van der Waals surface area (Å²) < 4.78 is 0. The van der Waals surface area contributed by atoms with Crippen molar-refractivity contribution in [2.75, 3.05) is 0 Å². The number of hydrogen-bond donors (Lipinski definition) is 0. The molecule has 9 heteroatoms. The largest absolute Gasteiger partial charge is 2.00 e. The maximum atomic E-state index is 0. The van der Waals surface area contributed by atoms with Gasteiger partial charge < -0.3 is 43.8 Å². The van der Waals surface area contributed by atoms with E-state index in [4.69, 9.17) is 0 Å². The van der Waals surface area contributed by atoms with Crippen LogP contribution in [0, 0.1) is 0 Å². The van der Waals surface area contributed by atoms with Crippen LogP contribution in [0.5, 0.6) is 0 Å². The molecule has 0 atom stereocenters. The van der Waals surface area contributed by atoms with E-state index in [0.29, 0.717) is 0 Å². The summed E-state index contributed by atoms with van der Waals surface area (Å²) in [5, 5.41) is 0. The second kappa shape index (κ2) is 453. The smallest absolute Gasteiger partial charge is 0.412 e. The summed E-state index contributed by atoms with van der Waals surface area (Å²) in [7, 11) is 0. The predicted octanol–water partition coefficient (Wildman–Crippen LogP) is -6.98. The molecule has 0 radical (unpaired) electrons. The molecule has 0 bridgehead atoms. The zero-order valence-corrected chi connectivity index (χ0v) is 8.18. The van der Waals surface area contributed by atoms with E-state index in [0.717, 1.165) is 0 Å². The Morgan fingerprint density at radius 3 is 0.222 bits per heavy atom. The van der Waals surface area contributed by atoms with Gasteiger partial charge in [-0.2, -0.15) is 0 Å². The van der Waals surface area contributed by atoms with Gasteiger partial charge in [0.1, 0.15) is 0 Å². The number of rotatable bonds is 0. The average Bonchev–Trinajstić information content (AvgIpc) is 0. The molecule has 9 heavy (non-hydrogen) atoms. The molecule has 0 aromatic heterocycles. The van der Waals surface area contributed by atoms with Crippen LogP contribution in [0.2, 0.25) is 0 Å². The molecule has 0 aromatic rings. The minimum atomic E-state index is 0. The van der Waals surface area contributed by atoms with Crippen LogP contribution in [-0.4, -0.2) is 89.3 Å². The molecule has 0 fully saturated rings. The molecule has 0 aliphatic carbocycles. The Labute approximate surface area is 88.6 Å². The molecule has 64 valence electrons. The minimum absolute atomic E-state index is 0. The van der Waals surface area contributed by atoms with Crippen molar-refractivity contribution in [2.24, 2.45) is 0 Å². The Bertz CT molecular complexity index is 4.53. The molecule has 0 spiro atoms. The van der Waals surface area contributed by atoms with E-state index in [9.17, 15) is 0 Å². The molecule has 0 aliphatic heterocycles. The summed E-state index contributed by atoms with van der Waals surface area (Å²) in [4.78, 5) is 0. The summed E-state index contributed by atoms with van der Waals surface area (Å²) in [6, 6.07) is 0. The maximum absolute atomic E-state index is 0. The van der Waals surface area contributed by atoms with Crippen molar-refractivity contribution in [3.8, 4) is 0 Å². The zero-order chi connectivity index (χ0) is 0. The molecule has 0 aromatic carbocycles. The fraction of sp³-hybridized carbons (Fsp3) is 0. The van der Waals surface area contributed by atoms with E-state index in [1.54, 1.807) is 0 Å². The Hall–Kier alpha value is 1.16. The van der Waals surface area contributed by atoms with Gasteiger partial charge in [-0.1, -0.05) is 0 Å². The van der Waals surface area contributed by atoms with Gasteiger partial charge in [0, 0.05) is 0 Å². The van der Waals surface area contributed by atoms with Gasteiger partial charge in [-0.25, -0.2) is 0 Å². The molecule has 0 saturated carbocycles. The summed E-state index contributed by atoms with van der Waals surface area (Å²) in [5.74, 6) is 0. The third-order valence-corrected chi connectivity index (χ3v) is 0. The van der Waals surface area contributed by atoms with Crippen molar-refractivity contribution in [3.05, 3.63) is 0 Å². The fourth-order valence-electron chi connectivity index (χ4n) is 0. The minimum Gasteiger partial charge on any atom is -0.412 e. The van der Waals surface area contributed by atoms with E-state index in [1.807, 2.05) is 0 Å². The van der Waals surface area contributed by atoms with Crippen LogP contribution in [0.3, 0.4) is 0 Å². The normalized spacial score (nSPS) is 0. The molecule has 0 aliphatic rings. The van der Waals surface area contributed by atoms with Gasteiger partial charge >= 0.3 is 45.5 Å². The van der Waals surface area contributed by atoms with Crippen LogP contribution in [0.4, 0.5) is 0 Å². The summed E-state index contributed by atoms with van der Waals surface area (Å²) >= 11 is 0. The van der Waals surface area contributed by atoms with Crippen molar-refractivity contribution in [1.82, 2.24) is 0 Å². The zero-order valence-electron chi connectivity index (χ0n) is 4.71. The van der Waals surface area contributed by atoms with Crippen LogP contribution in [0.25, 0.3) is 0 Å².